The van der Waals surface area contributed by atoms with Crippen LogP contribution in [0.1, 0.15) is 5.56 Å². The monoisotopic (exact) mass is 338 g/mol. The van der Waals surface area contributed by atoms with Gasteiger partial charge in [0.05, 0.1) is 0 Å². The molecule has 5 heteroatoms. The average molecular weight is 339 g/mol. The maximum absolute atomic E-state index is 13.1. The first-order valence-corrected chi connectivity index (χ1v) is 8.04. The lowest BCUT2D eigenvalue weighted by atomic mass is 10.2. The quantitative estimate of drug-likeness (QED) is 0.815. The number of piperazine rings is 1. The van der Waals surface area contributed by atoms with Crippen molar-refractivity contribution < 1.29 is 4.39 Å². The van der Waals surface area contributed by atoms with Crippen LogP contribution in [0.4, 0.5) is 10.1 Å². The molecule has 22 heavy (non-hydrogen) atoms. The Bertz CT molecular complexity index is 638. The summed E-state index contributed by atoms with van der Waals surface area (Å²) in [5.74, 6) is -0.290. The molecule has 0 radical (unpaired) electrons. The molecule has 0 amide bonds. The van der Waals surface area contributed by atoms with Crippen molar-refractivity contribution in [3.05, 3.63) is 63.9 Å². The fraction of sp³-hybridized carbons (Fsp3) is 0.294. The van der Waals surface area contributed by atoms with Crippen LogP contribution in [-0.2, 0) is 6.54 Å². The van der Waals surface area contributed by atoms with E-state index in [9.17, 15) is 4.39 Å². The SMILES string of the molecule is Fc1ccc(CN2CCN(c3ccc(Cl)cc3)CC2)c(Cl)c1. The van der Waals surface area contributed by atoms with Gasteiger partial charge in [0, 0.05) is 48.5 Å². The first-order chi connectivity index (χ1) is 10.6. The number of anilines is 1. The van der Waals surface area contributed by atoms with E-state index in [1.54, 1.807) is 6.07 Å². The highest BCUT2D eigenvalue weighted by molar-refractivity contribution is 6.31. The second kappa shape index (κ2) is 6.86. The van der Waals surface area contributed by atoms with Crippen LogP contribution >= 0.6 is 23.2 Å². The fourth-order valence-electron chi connectivity index (χ4n) is 2.71. The van der Waals surface area contributed by atoms with Crippen LogP contribution in [0.2, 0.25) is 10.0 Å². The van der Waals surface area contributed by atoms with Gasteiger partial charge in [-0.05, 0) is 42.0 Å². The van der Waals surface area contributed by atoms with Crippen molar-refractivity contribution in [2.45, 2.75) is 6.54 Å². The molecule has 0 saturated carbocycles. The molecule has 2 aromatic carbocycles. The Morgan fingerprint density at radius 3 is 2.23 bits per heavy atom. The van der Waals surface area contributed by atoms with Gasteiger partial charge in [-0.3, -0.25) is 4.90 Å². The van der Waals surface area contributed by atoms with E-state index in [1.165, 1.54) is 17.8 Å². The lowest BCUT2D eigenvalue weighted by molar-refractivity contribution is 0.250. The van der Waals surface area contributed by atoms with Gasteiger partial charge in [-0.15, -0.1) is 0 Å². The van der Waals surface area contributed by atoms with Crippen molar-refractivity contribution in [2.75, 3.05) is 31.1 Å². The lowest BCUT2D eigenvalue weighted by Crippen LogP contribution is -2.46. The van der Waals surface area contributed by atoms with Gasteiger partial charge >= 0.3 is 0 Å². The minimum atomic E-state index is -0.290. The van der Waals surface area contributed by atoms with Gasteiger partial charge in [-0.1, -0.05) is 29.3 Å². The summed E-state index contributed by atoms with van der Waals surface area (Å²) in [6.45, 7) is 4.58. The molecule has 1 aliphatic rings. The highest BCUT2D eigenvalue weighted by atomic mass is 35.5. The topological polar surface area (TPSA) is 6.48 Å². The predicted octanol–water partition coefficient (Wildman–Crippen LogP) is 4.45. The lowest BCUT2D eigenvalue weighted by Gasteiger charge is -2.36. The van der Waals surface area contributed by atoms with E-state index in [-0.39, 0.29) is 5.82 Å². The predicted molar refractivity (Wildman–Crippen MR) is 90.4 cm³/mol. The van der Waals surface area contributed by atoms with Crippen molar-refractivity contribution >= 4 is 28.9 Å². The highest BCUT2D eigenvalue weighted by Gasteiger charge is 2.18. The Morgan fingerprint density at radius 1 is 0.909 bits per heavy atom. The largest absolute Gasteiger partial charge is 0.369 e. The van der Waals surface area contributed by atoms with Crippen LogP contribution in [0.3, 0.4) is 0 Å². The first kappa shape index (κ1) is 15.6. The van der Waals surface area contributed by atoms with E-state index in [2.05, 4.69) is 21.9 Å². The van der Waals surface area contributed by atoms with E-state index < -0.39 is 0 Å². The zero-order chi connectivity index (χ0) is 15.5. The highest BCUT2D eigenvalue weighted by Crippen LogP contribution is 2.22. The van der Waals surface area contributed by atoms with Gasteiger partial charge in [0.2, 0.25) is 0 Å². The number of rotatable bonds is 3. The molecule has 1 aliphatic heterocycles. The Hall–Kier alpha value is -1.29. The van der Waals surface area contributed by atoms with E-state index in [0.717, 1.165) is 43.3 Å². The van der Waals surface area contributed by atoms with Crippen LogP contribution in [-0.4, -0.2) is 31.1 Å². The van der Waals surface area contributed by atoms with E-state index in [4.69, 9.17) is 23.2 Å². The normalized spacial score (nSPS) is 16.0. The summed E-state index contributed by atoms with van der Waals surface area (Å²) in [6.07, 6.45) is 0. The van der Waals surface area contributed by atoms with E-state index in [0.29, 0.717) is 5.02 Å². The van der Waals surface area contributed by atoms with Crippen LogP contribution < -0.4 is 4.90 Å². The molecule has 3 rings (SSSR count). The Kier molecular flexibility index (Phi) is 4.87. The summed E-state index contributed by atoms with van der Waals surface area (Å²) in [5, 5.41) is 1.26. The Balaban J connectivity index is 1.58. The average Bonchev–Trinajstić information content (AvgIpc) is 2.52. The number of benzene rings is 2. The second-order valence-corrected chi connectivity index (χ2v) is 6.32. The minimum absolute atomic E-state index is 0.290. The molecule has 116 valence electrons. The third-order valence-electron chi connectivity index (χ3n) is 3.97. The van der Waals surface area contributed by atoms with Crippen LogP contribution in [0.5, 0.6) is 0 Å². The van der Waals surface area contributed by atoms with Crippen molar-refractivity contribution in [3.63, 3.8) is 0 Å². The molecule has 0 atom stereocenters. The molecule has 1 fully saturated rings. The van der Waals surface area contributed by atoms with Gasteiger partial charge in [0.25, 0.3) is 0 Å². The molecule has 0 unspecified atom stereocenters. The number of nitrogens with zero attached hydrogens (tertiary/aromatic N) is 2. The first-order valence-electron chi connectivity index (χ1n) is 7.28. The van der Waals surface area contributed by atoms with Gasteiger partial charge in [-0.25, -0.2) is 4.39 Å². The van der Waals surface area contributed by atoms with E-state index >= 15 is 0 Å². The molecular weight excluding hydrogens is 322 g/mol. The Labute approximate surface area is 140 Å². The van der Waals surface area contributed by atoms with Gasteiger partial charge < -0.3 is 4.90 Å². The third kappa shape index (κ3) is 3.72. The van der Waals surface area contributed by atoms with Crippen molar-refractivity contribution in [3.8, 4) is 0 Å². The van der Waals surface area contributed by atoms with Crippen molar-refractivity contribution in [2.24, 2.45) is 0 Å². The molecule has 0 aliphatic carbocycles. The molecule has 0 bridgehead atoms. The van der Waals surface area contributed by atoms with Crippen molar-refractivity contribution in [1.82, 2.24) is 4.90 Å². The summed E-state index contributed by atoms with van der Waals surface area (Å²) in [7, 11) is 0. The van der Waals surface area contributed by atoms with E-state index in [1.807, 2.05) is 12.1 Å². The van der Waals surface area contributed by atoms with Crippen LogP contribution in [0.25, 0.3) is 0 Å². The third-order valence-corrected chi connectivity index (χ3v) is 4.58. The molecular formula is C17H17Cl2FN2. The number of hydrogen-bond donors (Lipinski definition) is 0. The van der Waals surface area contributed by atoms with Crippen LogP contribution in [0, 0.1) is 5.82 Å². The Morgan fingerprint density at radius 2 is 1.59 bits per heavy atom. The molecule has 0 N–H and O–H groups in total. The molecule has 1 heterocycles. The second-order valence-electron chi connectivity index (χ2n) is 5.48. The van der Waals surface area contributed by atoms with Gasteiger partial charge in [-0.2, -0.15) is 0 Å². The number of hydrogen-bond acceptors (Lipinski definition) is 2. The fourth-order valence-corrected chi connectivity index (χ4v) is 3.06. The molecule has 2 aromatic rings. The zero-order valence-corrected chi connectivity index (χ0v) is 13.6. The summed E-state index contributed by atoms with van der Waals surface area (Å²) in [5.41, 5.74) is 2.17. The molecule has 1 saturated heterocycles. The molecule has 0 spiro atoms. The summed E-state index contributed by atoms with van der Waals surface area (Å²) in [4.78, 5) is 4.69. The summed E-state index contributed by atoms with van der Waals surface area (Å²) >= 11 is 12.0. The number of halogens is 3. The summed E-state index contributed by atoms with van der Waals surface area (Å²) < 4.78 is 13.1. The maximum Gasteiger partial charge on any atom is 0.124 e. The molecule has 0 aromatic heterocycles. The maximum atomic E-state index is 13.1. The van der Waals surface area contributed by atoms with Crippen LogP contribution in [0.15, 0.2) is 42.5 Å². The van der Waals surface area contributed by atoms with Gasteiger partial charge in [0.1, 0.15) is 5.82 Å². The van der Waals surface area contributed by atoms with Gasteiger partial charge in [0.15, 0.2) is 0 Å². The standard InChI is InChI=1S/C17H17Cl2FN2/c18-14-2-5-16(6-3-14)22-9-7-21(8-10-22)12-13-1-4-15(20)11-17(13)19/h1-6,11H,7-10,12H2. The minimum Gasteiger partial charge on any atom is -0.369 e. The molecule has 2 nitrogen and oxygen atoms in total. The zero-order valence-electron chi connectivity index (χ0n) is 12.1. The van der Waals surface area contributed by atoms with Crippen molar-refractivity contribution in [1.29, 1.82) is 0 Å². The smallest absolute Gasteiger partial charge is 0.124 e. The summed E-state index contributed by atoms with van der Waals surface area (Å²) in [6, 6.07) is 12.5.